The fourth-order valence-corrected chi connectivity index (χ4v) is 3.83. The topological polar surface area (TPSA) is 81.5 Å². The molecular weight excluding hydrogens is 302 g/mol. The molecule has 1 heterocycles. The molecule has 0 aliphatic carbocycles. The van der Waals surface area contributed by atoms with Gasteiger partial charge in [0.15, 0.2) is 5.78 Å². The maximum Gasteiger partial charge on any atom is 0.243 e. The first kappa shape index (κ1) is 16.6. The number of hydrogen-bond acceptors (Lipinski definition) is 5. The second-order valence-electron chi connectivity index (χ2n) is 5.23. The molecule has 1 fully saturated rings. The predicted octanol–water partition coefficient (Wildman–Crippen LogP) is 1.11. The normalized spacial score (nSPS) is 17.1. The molecule has 0 bridgehead atoms. The van der Waals surface area contributed by atoms with Crippen LogP contribution in [0.1, 0.15) is 23.7 Å². The van der Waals surface area contributed by atoms with E-state index < -0.39 is 10.0 Å². The second kappa shape index (κ2) is 7.01. The Balaban J connectivity index is 2.05. The number of benzene rings is 1. The first-order valence-electron chi connectivity index (χ1n) is 7.15. The Labute approximate surface area is 131 Å². The highest BCUT2D eigenvalue weighted by Crippen LogP contribution is 2.18. The Morgan fingerprint density at radius 3 is 2.27 bits per heavy atom. The van der Waals surface area contributed by atoms with E-state index in [1.807, 2.05) is 0 Å². The molecule has 1 aliphatic heterocycles. The van der Waals surface area contributed by atoms with E-state index in [1.54, 1.807) is 12.1 Å². The number of nitriles is 1. The number of piperazine rings is 1. The van der Waals surface area contributed by atoms with Crippen LogP contribution in [-0.2, 0) is 10.0 Å². The first-order chi connectivity index (χ1) is 10.4. The minimum absolute atomic E-state index is 0.0879. The van der Waals surface area contributed by atoms with Crippen LogP contribution in [-0.4, -0.2) is 56.1 Å². The van der Waals surface area contributed by atoms with Crippen molar-refractivity contribution in [3.05, 3.63) is 29.8 Å². The van der Waals surface area contributed by atoms with Crippen molar-refractivity contribution in [2.24, 2.45) is 0 Å². The summed E-state index contributed by atoms with van der Waals surface area (Å²) < 4.78 is 26.6. The molecule has 118 valence electrons. The molecule has 22 heavy (non-hydrogen) atoms. The zero-order chi connectivity index (χ0) is 16.2. The van der Waals surface area contributed by atoms with E-state index >= 15 is 0 Å². The number of carbonyl (C=O) groups is 1. The summed E-state index contributed by atoms with van der Waals surface area (Å²) in [6.07, 6.45) is 0.458. The molecule has 0 atom stereocenters. The second-order valence-corrected chi connectivity index (χ2v) is 7.17. The Morgan fingerprint density at radius 1 is 1.18 bits per heavy atom. The number of ketones is 1. The molecule has 0 saturated carbocycles. The lowest BCUT2D eigenvalue weighted by Gasteiger charge is -2.33. The molecule has 1 aliphatic rings. The van der Waals surface area contributed by atoms with Crippen LogP contribution in [0.15, 0.2) is 29.2 Å². The number of rotatable bonds is 5. The van der Waals surface area contributed by atoms with Crippen LogP contribution < -0.4 is 0 Å². The lowest BCUT2D eigenvalue weighted by Crippen LogP contribution is -2.48. The van der Waals surface area contributed by atoms with Gasteiger partial charge in [-0.25, -0.2) is 8.42 Å². The van der Waals surface area contributed by atoms with E-state index in [4.69, 9.17) is 5.26 Å². The SMILES string of the molecule is CC(=O)c1ccc(S(=O)(=O)N2CCN(CCC#N)CC2)cc1. The number of Topliss-reactive ketones (excluding diaryl/α,β-unsaturated/α-hetero) is 1. The van der Waals surface area contributed by atoms with E-state index in [1.165, 1.54) is 23.4 Å². The van der Waals surface area contributed by atoms with Crippen LogP contribution in [0, 0.1) is 11.3 Å². The fraction of sp³-hybridized carbons (Fsp3) is 0.467. The quantitative estimate of drug-likeness (QED) is 0.759. The van der Waals surface area contributed by atoms with Crippen LogP contribution in [0.2, 0.25) is 0 Å². The largest absolute Gasteiger partial charge is 0.300 e. The lowest BCUT2D eigenvalue weighted by atomic mass is 10.2. The molecule has 0 aromatic heterocycles. The Morgan fingerprint density at radius 2 is 1.77 bits per heavy atom. The highest BCUT2D eigenvalue weighted by atomic mass is 32.2. The maximum absolute atomic E-state index is 12.6. The summed E-state index contributed by atoms with van der Waals surface area (Å²) in [5.41, 5.74) is 0.500. The van der Waals surface area contributed by atoms with Crippen LogP contribution in [0.5, 0.6) is 0 Å². The zero-order valence-corrected chi connectivity index (χ0v) is 13.3. The summed E-state index contributed by atoms with van der Waals surface area (Å²) in [6.45, 7) is 4.23. The van der Waals surface area contributed by atoms with Crippen LogP contribution in [0.25, 0.3) is 0 Å². The third-order valence-electron chi connectivity index (χ3n) is 3.77. The van der Waals surface area contributed by atoms with Gasteiger partial charge in [0, 0.05) is 44.7 Å². The van der Waals surface area contributed by atoms with Gasteiger partial charge in [0.25, 0.3) is 0 Å². The summed E-state index contributed by atoms with van der Waals surface area (Å²) in [4.78, 5) is 13.5. The van der Waals surface area contributed by atoms with Crippen molar-refractivity contribution in [3.63, 3.8) is 0 Å². The van der Waals surface area contributed by atoms with Crippen molar-refractivity contribution in [1.82, 2.24) is 9.21 Å². The van der Waals surface area contributed by atoms with Crippen molar-refractivity contribution in [1.29, 1.82) is 5.26 Å². The molecule has 1 aromatic carbocycles. The van der Waals surface area contributed by atoms with Gasteiger partial charge in [-0.15, -0.1) is 0 Å². The monoisotopic (exact) mass is 321 g/mol. The molecule has 0 spiro atoms. The van der Waals surface area contributed by atoms with Crippen LogP contribution in [0.4, 0.5) is 0 Å². The van der Waals surface area contributed by atoms with Gasteiger partial charge in [-0.3, -0.25) is 9.69 Å². The minimum atomic E-state index is -3.52. The van der Waals surface area contributed by atoms with Crippen LogP contribution in [0.3, 0.4) is 0 Å². The summed E-state index contributed by atoms with van der Waals surface area (Å²) in [5.74, 6) is -0.0879. The molecule has 1 saturated heterocycles. The Hall–Kier alpha value is -1.75. The fourth-order valence-electron chi connectivity index (χ4n) is 2.41. The number of sulfonamides is 1. The molecule has 0 radical (unpaired) electrons. The van der Waals surface area contributed by atoms with Crippen molar-refractivity contribution < 1.29 is 13.2 Å². The number of nitrogens with zero attached hydrogens (tertiary/aromatic N) is 3. The third kappa shape index (κ3) is 3.71. The van der Waals surface area contributed by atoms with E-state index in [0.29, 0.717) is 44.7 Å². The summed E-state index contributed by atoms with van der Waals surface area (Å²) in [6, 6.07) is 8.14. The highest BCUT2D eigenvalue weighted by Gasteiger charge is 2.28. The third-order valence-corrected chi connectivity index (χ3v) is 5.68. The van der Waals surface area contributed by atoms with Gasteiger partial charge < -0.3 is 0 Å². The van der Waals surface area contributed by atoms with Gasteiger partial charge in [0.1, 0.15) is 0 Å². The van der Waals surface area contributed by atoms with Crippen LogP contribution >= 0.6 is 0 Å². The maximum atomic E-state index is 12.6. The average molecular weight is 321 g/mol. The van der Waals surface area contributed by atoms with E-state index in [-0.39, 0.29) is 10.7 Å². The molecule has 7 heteroatoms. The van der Waals surface area contributed by atoms with Crippen molar-refractivity contribution in [2.75, 3.05) is 32.7 Å². The summed E-state index contributed by atoms with van der Waals surface area (Å²) in [5, 5.41) is 8.58. The molecule has 2 rings (SSSR count). The molecule has 0 N–H and O–H groups in total. The first-order valence-corrected chi connectivity index (χ1v) is 8.59. The average Bonchev–Trinajstić information content (AvgIpc) is 2.53. The lowest BCUT2D eigenvalue weighted by molar-refractivity contribution is 0.101. The van der Waals surface area contributed by atoms with E-state index in [0.717, 1.165) is 0 Å². The molecular formula is C15H19N3O3S. The number of hydrogen-bond donors (Lipinski definition) is 0. The van der Waals surface area contributed by atoms with Crippen molar-refractivity contribution in [2.45, 2.75) is 18.2 Å². The van der Waals surface area contributed by atoms with Gasteiger partial charge in [0.05, 0.1) is 11.0 Å². The predicted molar refractivity (Wildman–Crippen MR) is 81.9 cm³/mol. The summed E-state index contributed by atoms with van der Waals surface area (Å²) >= 11 is 0. The van der Waals surface area contributed by atoms with Gasteiger partial charge >= 0.3 is 0 Å². The molecule has 1 aromatic rings. The smallest absolute Gasteiger partial charge is 0.243 e. The summed E-state index contributed by atoms with van der Waals surface area (Å²) in [7, 11) is -3.52. The van der Waals surface area contributed by atoms with Gasteiger partial charge in [0.2, 0.25) is 10.0 Å². The molecule has 0 unspecified atom stereocenters. The van der Waals surface area contributed by atoms with Crippen molar-refractivity contribution >= 4 is 15.8 Å². The zero-order valence-electron chi connectivity index (χ0n) is 12.5. The van der Waals surface area contributed by atoms with Gasteiger partial charge in [-0.2, -0.15) is 9.57 Å². The van der Waals surface area contributed by atoms with E-state index in [9.17, 15) is 13.2 Å². The minimum Gasteiger partial charge on any atom is -0.300 e. The van der Waals surface area contributed by atoms with Crippen molar-refractivity contribution in [3.8, 4) is 6.07 Å². The number of carbonyl (C=O) groups excluding carboxylic acids is 1. The Kier molecular flexibility index (Phi) is 5.29. The molecule has 6 nitrogen and oxygen atoms in total. The molecule has 0 amide bonds. The standard InChI is InChI=1S/C15H19N3O3S/c1-13(19)14-3-5-15(6-4-14)22(20,21)18-11-9-17(10-12-18)8-2-7-16/h3-6H,2,8-12H2,1H3. The van der Waals surface area contributed by atoms with E-state index in [2.05, 4.69) is 11.0 Å². The van der Waals surface area contributed by atoms with Gasteiger partial charge in [-0.1, -0.05) is 12.1 Å². The highest BCUT2D eigenvalue weighted by molar-refractivity contribution is 7.89. The van der Waals surface area contributed by atoms with Gasteiger partial charge in [-0.05, 0) is 19.1 Å². The Bertz CT molecular complexity index is 669.